The Kier molecular flexibility index (Phi) is 3.40. The molecule has 0 aliphatic rings. The van der Waals surface area contributed by atoms with Gasteiger partial charge in [-0.25, -0.2) is 9.78 Å². The van der Waals surface area contributed by atoms with E-state index in [0.717, 1.165) is 5.57 Å². The fraction of sp³-hybridized carbons (Fsp3) is 0.333. The molecule has 0 atom stereocenters. The highest BCUT2D eigenvalue weighted by Gasteiger charge is 1.96. The van der Waals surface area contributed by atoms with Gasteiger partial charge in [0, 0.05) is 25.5 Å². The van der Waals surface area contributed by atoms with Crippen LogP contribution in [0.4, 0.5) is 0 Å². The van der Waals surface area contributed by atoms with Gasteiger partial charge in [-0.15, -0.1) is 0 Å². The van der Waals surface area contributed by atoms with Gasteiger partial charge in [0.1, 0.15) is 0 Å². The molecular formula is C9H13N3O. The van der Waals surface area contributed by atoms with Crippen molar-refractivity contribution in [3.8, 4) is 0 Å². The number of aromatic nitrogens is 2. The predicted molar refractivity (Wildman–Crippen MR) is 51.6 cm³/mol. The molecule has 4 nitrogen and oxygen atoms in total. The first-order valence-corrected chi connectivity index (χ1v) is 4.06. The second-order valence-corrected chi connectivity index (χ2v) is 2.81. The van der Waals surface area contributed by atoms with Gasteiger partial charge in [-0.1, -0.05) is 6.58 Å². The van der Waals surface area contributed by atoms with E-state index in [1.54, 1.807) is 12.3 Å². The summed E-state index contributed by atoms with van der Waals surface area (Å²) < 4.78 is 1.53. The van der Waals surface area contributed by atoms with Crippen LogP contribution in [0.5, 0.6) is 0 Å². The van der Waals surface area contributed by atoms with Crippen molar-refractivity contribution >= 4 is 0 Å². The summed E-state index contributed by atoms with van der Waals surface area (Å²) in [6, 6.07) is 1.73. The summed E-state index contributed by atoms with van der Waals surface area (Å²) in [6.45, 7) is 5.06. The van der Waals surface area contributed by atoms with Crippen LogP contribution >= 0.6 is 0 Å². The molecule has 0 fully saturated rings. The van der Waals surface area contributed by atoms with Crippen molar-refractivity contribution in [2.75, 3.05) is 13.6 Å². The molecule has 0 saturated heterocycles. The van der Waals surface area contributed by atoms with E-state index in [1.807, 2.05) is 7.05 Å². The molecule has 1 aromatic heterocycles. The van der Waals surface area contributed by atoms with E-state index in [0.29, 0.717) is 13.1 Å². The highest BCUT2D eigenvalue weighted by Crippen LogP contribution is 1.91. The van der Waals surface area contributed by atoms with Crippen molar-refractivity contribution in [3.63, 3.8) is 0 Å². The second kappa shape index (κ2) is 4.57. The Bertz CT molecular complexity index is 343. The van der Waals surface area contributed by atoms with Gasteiger partial charge in [0.15, 0.2) is 0 Å². The third-order valence-electron chi connectivity index (χ3n) is 1.60. The summed E-state index contributed by atoms with van der Waals surface area (Å²) in [5.41, 5.74) is 0.720. The Morgan fingerprint density at radius 3 is 3.15 bits per heavy atom. The fourth-order valence-corrected chi connectivity index (χ4v) is 1.05. The minimum Gasteiger partial charge on any atom is -0.316 e. The number of hydrogen-bond acceptors (Lipinski definition) is 3. The van der Waals surface area contributed by atoms with Crippen LogP contribution in [0.25, 0.3) is 0 Å². The average Bonchev–Trinajstić information content (AvgIpc) is 2.09. The molecule has 0 aromatic carbocycles. The van der Waals surface area contributed by atoms with Gasteiger partial charge < -0.3 is 5.32 Å². The van der Waals surface area contributed by atoms with E-state index in [-0.39, 0.29) is 5.69 Å². The summed E-state index contributed by atoms with van der Waals surface area (Å²) in [5.74, 6) is 0. The van der Waals surface area contributed by atoms with Crippen molar-refractivity contribution in [3.05, 3.63) is 41.1 Å². The molecule has 1 rings (SSSR count). The number of nitrogens with zero attached hydrogens (tertiary/aromatic N) is 2. The number of hydrogen-bond donors (Lipinski definition) is 1. The highest BCUT2D eigenvalue weighted by atomic mass is 16.1. The van der Waals surface area contributed by atoms with Crippen molar-refractivity contribution in [1.29, 1.82) is 0 Å². The third-order valence-corrected chi connectivity index (χ3v) is 1.60. The van der Waals surface area contributed by atoms with Crippen LogP contribution in [0.2, 0.25) is 0 Å². The minimum atomic E-state index is -0.236. The topological polar surface area (TPSA) is 46.9 Å². The molecule has 0 aliphatic heterocycles. The van der Waals surface area contributed by atoms with Crippen LogP contribution in [0, 0.1) is 0 Å². The van der Waals surface area contributed by atoms with E-state index in [1.165, 1.54) is 10.8 Å². The molecule has 0 unspecified atom stereocenters. The van der Waals surface area contributed by atoms with Gasteiger partial charge in [-0.05, 0) is 18.7 Å². The van der Waals surface area contributed by atoms with Gasteiger partial charge in [-0.2, -0.15) is 0 Å². The summed E-state index contributed by atoms with van der Waals surface area (Å²) in [4.78, 5) is 14.8. The Balaban J connectivity index is 2.69. The molecule has 0 bridgehead atoms. The maximum absolute atomic E-state index is 11.1. The number of nitrogens with one attached hydrogen (secondary N) is 1. The van der Waals surface area contributed by atoms with Gasteiger partial charge in [0.2, 0.25) is 0 Å². The van der Waals surface area contributed by atoms with E-state index in [9.17, 15) is 4.79 Å². The normalized spacial score (nSPS) is 9.92. The molecule has 1 heterocycles. The van der Waals surface area contributed by atoms with Crippen molar-refractivity contribution < 1.29 is 0 Å². The van der Waals surface area contributed by atoms with Crippen LogP contribution in [0.15, 0.2) is 35.4 Å². The monoisotopic (exact) mass is 179 g/mol. The molecule has 4 heteroatoms. The minimum absolute atomic E-state index is 0.236. The van der Waals surface area contributed by atoms with Crippen LogP contribution in [-0.4, -0.2) is 23.1 Å². The molecule has 13 heavy (non-hydrogen) atoms. The lowest BCUT2D eigenvalue weighted by Crippen LogP contribution is -2.24. The smallest absolute Gasteiger partial charge is 0.316 e. The number of rotatable bonds is 4. The summed E-state index contributed by atoms with van der Waals surface area (Å²) in [6.07, 6.45) is 3.19. The van der Waals surface area contributed by atoms with Crippen LogP contribution in [-0.2, 0) is 6.54 Å². The van der Waals surface area contributed by atoms with E-state index >= 15 is 0 Å². The lowest BCUT2D eigenvalue weighted by Gasteiger charge is -2.06. The zero-order chi connectivity index (χ0) is 9.68. The lowest BCUT2D eigenvalue weighted by molar-refractivity contribution is 0.689. The quantitative estimate of drug-likeness (QED) is 0.663. The van der Waals surface area contributed by atoms with Gasteiger partial charge in [0.05, 0.1) is 0 Å². The van der Waals surface area contributed by atoms with E-state index in [2.05, 4.69) is 16.9 Å². The van der Waals surface area contributed by atoms with Crippen LogP contribution < -0.4 is 11.0 Å². The molecule has 0 amide bonds. The lowest BCUT2D eigenvalue weighted by atomic mass is 10.3. The summed E-state index contributed by atoms with van der Waals surface area (Å²) in [7, 11) is 1.84. The SMILES string of the molecule is C=C(CNC)Cn1cccnc1=O. The Hall–Kier alpha value is -1.42. The highest BCUT2D eigenvalue weighted by molar-refractivity contribution is 4.98. The van der Waals surface area contributed by atoms with Gasteiger partial charge in [-0.3, -0.25) is 4.57 Å². The largest absolute Gasteiger partial charge is 0.347 e. The first kappa shape index (κ1) is 9.67. The van der Waals surface area contributed by atoms with Crippen molar-refractivity contribution in [2.45, 2.75) is 6.54 Å². The molecule has 0 saturated carbocycles. The van der Waals surface area contributed by atoms with Crippen molar-refractivity contribution in [1.82, 2.24) is 14.9 Å². The molecule has 0 spiro atoms. The molecule has 70 valence electrons. The van der Waals surface area contributed by atoms with Crippen LogP contribution in [0.1, 0.15) is 0 Å². The first-order valence-electron chi connectivity index (χ1n) is 4.06. The molecule has 1 N–H and O–H groups in total. The standard InChI is InChI=1S/C9H13N3O/c1-8(6-10-2)7-12-5-3-4-11-9(12)13/h3-5,10H,1,6-7H2,2H3. The molecule has 0 aliphatic carbocycles. The molecule has 0 radical (unpaired) electrons. The van der Waals surface area contributed by atoms with Gasteiger partial charge >= 0.3 is 5.69 Å². The maximum atomic E-state index is 11.1. The van der Waals surface area contributed by atoms with Crippen molar-refractivity contribution in [2.24, 2.45) is 0 Å². The second-order valence-electron chi connectivity index (χ2n) is 2.81. The Morgan fingerprint density at radius 1 is 1.77 bits per heavy atom. The average molecular weight is 179 g/mol. The number of likely N-dealkylation sites (N-methyl/N-ethyl adjacent to an activating group) is 1. The summed E-state index contributed by atoms with van der Waals surface area (Å²) in [5, 5.41) is 2.97. The molecule has 1 aromatic rings. The van der Waals surface area contributed by atoms with E-state index in [4.69, 9.17) is 0 Å². The zero-order valence-corrected chi connectivity index (χ0v) is 7.66. The maximum Gasteiger partial charge on any atom is 0.347 e. The zero-order valence-electron chi connectivity index (χ0n) is 7.66. The third kappa shape index (κ3) is 2.83. The van der Waals surface area contributed by atoms with Gasteiger partial charge in [0.25, 0.3) is 0 Å². The van der Waals surface area contributed by atoms with E-state index < -0.39 is 0 Å². The first-order chi connectivity index (χ1) is 6.24. The molecular weight excluding hydrogens is 166 g/mol. The van der Waals surface area contributed by atoms with Crippen LogP contribution in [0.3, 0.4) is 0 Å². The Labute approximate surface area is 76.9 Å². The summed E-state index contributed by atoms with van der Waals surface area (Å²) >= 11 is 0. The fourth-order valence-electron chi connectivity index (χ4n) is 1.05. The predicted octanol–water partition coefficient (Wildman–Crippen LogP) is 0.0189. The Morgan fingerprint density at radius 2 is 2.54 bits per heavy atom.